The summed E-state index contributed by atoms with van der Waals surface area (Å²) < 4.78 is 0. The van der Waals surface area contributed by atoms with Gasteiger partial charge in [0.05, 0.1) is 21.3 Å². The van der Waals surface area contributed by atoms with E-state index in [1.54, 1.807) is 22.7 Å². The third-order valence-electron chi connectivity index (χ3n) is 2.69. The van der Waals surface area contributed by atoms with Gasteiger partial charge in [-0.3, -0.25) is 0 Å². The number of anilines is 1. The molecular weight excluding hydrogens is 274 g/mol. The quantitative estimate of drug-likeness (QED) is 0.846. The average molecular weight is 295 g/mol. The summed E-state index contributed by atoms with van der Waals surface area (Å²) >= 11 is 3.43. The fraction of sp³-hybridized carbons (Fsp3) is 0.571. The van der Waals surface area contributed by atoms with Gasteiger partial charge in [0.2, 0.25) is 0 Å². The number of aryl methyl sites for hydroxylation is 2. The van der Waals surface area contributed by atoms with E-state index in [2.05, 4.69) is 48.4 Å². The van der Waals surface area contributed by atoms with Crippen molar-refractivity contribution in [1.29, 1.82) is 0 Å². The zero-order valence-electron chi connectivity index (χ0n) is 12.0. The van der Waals surface area contributed by atoms with Crippen molar-refractivity contribution in [3.8, 4) is 10.6 Å². The molecule has 5 heteroatoms. The molecule has 2 heterocycles. The molecule has 0 radical (unpaired) electrons. The maximum absolute atomic E-state index is 4.69. The van der Waals surface area contributed by atoms with Gasteiger partial charge in [0, 0.05) is 11.9 Å². The van der Waals surface area contributed by atoms with Crippen molar-refractivity contribution >= 4 is 27.8 Å². The van der Waals surface area contributed by atoms with E-state index in [-0.39, 0.29) is 0 Å². The van der Waals surface area contributed by atoms with E-state index in [0.29, 0.717) is 5.92 Å². The number of thiazole rings is 2. The maximum Gasteiger partial charge on any atom is 0.183 e. The Kier molecular flexibility index (Phi) is 4.93. The predicted molar refractivity (Wildman–Crippen MR) is 85.3 cm³/mol. The SMILES string of the molecule is CCCc1nc(C)sc1-c1csc(NCC(C)C)n1. The van der Waals surface area contributed by atoms with Crippen LogP contribution in [0.5, 0.6) is 0 Å². The molecule has 104 valence electrons. The van der Waals surface area contributed by atoms with Crippen LogP contribution in [-0.2, 0) is 6.42 Å². The van der Waals surface area contributed by atoms with Gasteiger partial charge in [-0.15, -0.1) is 22.7 Å². The number of nitrogens with zero attached hydrogens (tertiary/aromatic N) is 2. The number of hydrogen-bond donors (Lipinski definition) is 1. The molecule has 0 unspecified atom stereocenters. The first-order valence-corrected chi connectivity index (χ1v) is 8.45. The average Bonchev–Trinajstić information content (AvgIpc) is 2.94. The Morgan fingerprint density at radius 2 is 2.11 bits per heavy atom. The highest BCUT2D eigenvalue weighted by molar-refractivity contribution is 7.16. The van der Waals surface area contributed by atoms with Gasteiger partial charge in [-0.2, -0.15) is 0 Å². The van der Waals surface area contributed by atoms with Crippen LogP contribution >= 0.6 is 22.7 Å². The molecule has 0 aromatic carbocycles. The van der Waals surface area contributed by atoms with Gasteiger partial charge in [0.1, 0.15) is 0 Å². The van der Waals surface area contributed by atoms with Gasteiger partial charge in [-0.1, -0.05) is 27.2 Å². The predicted octanol–water partition coefficient (Wildman–Crippen LogP) is 4.60. The summed E-state index contributed by atoms with van der Waals surface area (Å²) in [5, 5.41) is 7.66. The van der Waals surface area contributed by atoms with E-state index in [9.17, 15) is 0 Å². The Balaban J connectivity index is 2.17. The second-order valence-corrected chi connectivity index (χ2v) is 7.13. The summed E-state index contributed by atoms with van der Waals surface area (Å²) in [5.41, 5.74) is 2.27. The molecule has 0 fully saturated rings. The van der Waals surface area contributed by atoms with Crippen LogP contribution in [-0.4, -0.2) is 16.5 Å². The number of rotatable bonds is 6. The van der Waals surface area contributed by atoms with Crippen molar-refractivity contribution in [2.45, 2.75) is 40.5 Å². The second kappa shape index (κ2) is 6.48. The summed E-state index contributed by atoms with van der Waals surface area (Å²) in [6, 6.07) is 0. The molecule has 2 aromatic rings. The van der Waals surface area contributed by atoms with Crippen LogP contribution in [0.25, 0.3) is 10.6 Å². The molecule has 0 spiro atoms. The normalized spacial score (nSPS) is 11.2. The van der Waals surface area contributed by atoms with Crippen LogP contribution in [0.15, 0.2) is 5.38 Å². The first-order valence-electron chi connectivity index (χ1n) is 6.76. The van der Waals surface area contributed by atoms with Crippen LogP contribution in [0.2, 0.25) is 0 Å². The first kappa shape index (κ1) is 14.5. The molecule has 19 heavy (non-hydrogen) atoms. The van der Waals surface area contributed by atoms with Crippen molar-refractivity contribution < 1.29 is 0 Å². The molecule has 0 saturated heterocycles. The van der Waals surface area contributed by atoms with Crippen molar-refractivity contribution in [1.82, 2.24) is 9.97 Å². The molecule has 0 amide bonds. The number of aromatic nitrogens is 2. The molecule has 3 nitrogen and oxygen atoms in total. The molecule has 1 N–H and O–H groups in total. The van der Waals surface area contributed by atoms with Crippen molar-refractivity contribution in [3.63, 3.8) is 0 Å². The molecule has 0 aliphatic heterocycles. The minimum atomic E-state index is 0.633. The van der Waals surface area contributed by atoms with E-state index >= 15 is 0 Å². The first-order chi connectivity index (χ1) is 9.10. The molecule has 2 aromatic heterocycles. The highest BCUT2D eigenvalue weighted by atomic mass is 32.1. The Morgan fingerprint density at radius 1 is 1.32 bits per heavy atom. The lowest BCUT2D eigenvalue weighted by atomic mass is 10.2. The maximum atomic E-state index is 4.69. The fourth-order valence-corrected chi connectivity index (χ4v) is 3.54. The van der Waals surface area contributed by atoms with E-state index in [1.165, 1.54) is 10.6 Å². The van der Waals surface area contributed by atoms with Gasteiger partial charge in [0.15, 0.2) is 5.13 Å². The fourth-order valence-electron chi connectivity index (χ4n) is 1.83. The van der Waals surface area contributed by atoms with E-state index in [1.807, 2.05) is 0 Å². The summed E-state index contributed by atoms with van der Waals surface area (Å²) in [5.74, 6) is 0.633. The van der Waals surface area contributed by atoms with E-state index < -0.39 is 0 Å². The van der Waals surface area contributed by atoms with Gasteiger partial charge in [0.25, 0.3) is 0 Å². The van der Waals surface area contributed by atoms with Gasteiger partial charge in [-0.05, 0) is 19.3 Å². The zero-order valence-corrected chi connectivity index (χ0v) is 13.6. The van der Waals surface area contributed by atoms with Crippen molar-refractivity contribution in [3.05, 3.63) is 16.1 Å². The molecule has 0 aliphatic rings. The third-order valence-corrected chi connectivity index (χ3v) is 4.53. The molecule has 0 bridgehead atoms. The minimum Gasteiger partial charge on any atom is -0.361 e. The summed E-state index contributed by atoms with van der Waals surface area (Å²) in [7, 11) is 0. The van der Waals surface area contributed by atoms with Gasteiger partial charge in [-0.25, -0.2) is 9.97 Å². The largest absolute Gasteiger partial charge is 0.361 e. The second-order valence-electron chi connectivity index (χ2n) is 5.07. The minimum absolute atomic E-state index is 0.633. The van der Waals surface area contributed by atoms with E-state index in [4.69, 9.17) is 0 Å². The van der Waals surface area contributed by atoms with Gasteiger partial charge >= 0.3 is 0 Å². The van der Waals surface area contributed by atoms with Crippen molar-refractivity contribution in [2.75, 3.05) is 11.9 Å². The Bertz CT molecular complexity index is 529. The van der Waals surface area contributed by atoms with Crippen molar-refractivity contribution in [2.24, 2.45) is 5.92 Å². The van der Waals surface area contributed by atoms with Crippen LogP contribution < -0.4 is 5.32 Å². The Hall–Kier alpha value is -0.940. The van der Waals surface area contributed by atoms with Gasteiger partial charge < -0.3 is 5.32 Å². The van der Waals surface area contributed by atoms with Crippen LogP contribution in [0, 0.1) is 12.8 Å². The standard InChI is InChI=1S/C14H21N3S2/c1-5-6-11-13(19-10(4)16-11)12-8-18-14(17-12)15-7-9(2)3/h8-9H,5-7H2,1-4H3,(H,15,17). The molecule has 0 atom stereocenters. The topological polar surface area (TPSA) is 37.8 Å². The zero-order chi connectivity index (χ0) is 13.8. The van der Waals surface area contributed by atoms with Crippen LogP contribution in [0.1, 0.15) is 37.9 Å². The number of nitrogens with one attached hydrogen (secondary N) is 1. The molecule has 0 aliphatic carbocycles. The summed E-state index contributed by atoms with van der Waals surface area (Å²) in [6.07, 6.45) is 2.16. The Morgan fingerprint density at radius 3 is 2.79 bits per heavy atom. The smallest absolute Gasteiger partial charge is 0.183 e. The molecular formula is C14H21N3S2. The lowest BCUT2D eigenvalue weighted by Gasteiger charge is -2.04. The molecule has 2 rings (SSSR count). The lowest BCUT2D eigenvalue weighted by Crippen LogP contribution is -2.07. The monoisotopic (exact) mass is 295 g/mol. The van der Waals surface area contributed by atoms with E-state index in [0.717, 1.165) is 35.2 Å². The van der Waals surface area contributed by atoms with Crippen LogP contribution in [0.3, 0.4) is 0 Å². The van der Waals surface area contributed by atoms with Crippen LogP contribution in [0.4, 0.5) is 5.13 Å². The summed E-state index contributed by atoms with van der Waals surface area (Å²) in [4.78, 5) is 10.6. The lowest BCUT2D eigenvalue weighted by molar-refractivity contribution is 0.688. The highest BCUT2D eigenvalue weighted by Gasteiger charge is 2.13. The Labute approximate surface area is 123 Å². The summed E-state index contributed by atoms with van der Waals surface area (Å²) in [6.45, 7) is 9.63. The number of hydrogen-bond acceptors (Lipinski definition) is 5. The third kappa shape index (κ3) is 3.76. The molecule has 0 saturated carbocycles. The highest BCUT2D eigenvalue weighted by Crippen LogP contribution is 2.33.